The maximum absolute atomic E-state index is 10.9. The quantitative estimate of drug-likeness (QED) is 0.821. The molecule has 0 spiro atoms. The van der Waals surface area contributed by atoms with Crippen LogP contribution in [0.1, 0.15) is 48.2 Å². The number of hydrogen-bond acceptors (Lipinski definition) is 5. The second-order valence-corrected chi connectivity index (χ2v) is 6.11. The monoisotopic (exact) mass is 311 g/mol. The van der Waals surface area contributed by atoms with Gasteiger partial charge in [0.25, 0.3) is 0 Å². The molecule has 4 nitrogen and oxygen atoms in total. The Hall–Kier alpha value is -1.24. The van der Waals surface area contributed by atoms with Crippen molar-refractivity contribution in [2.45, 2.75) is 32.8 Å². The summed E-state index contributed by atoms with van der Waals surface area (Å²) in [5.74, 6) is -0.902. The molecule has 0 saturated heterocycles. The zero-order chi connectivity index (χ0) is 14.5. The van der Waals surface area contributed by atoms with Crippen molar-refractivity contribution in [1.82, 2.24) is 4.98 Å². The first-order valence-electron chi connectivity index (χ1n) is 6.54. The molecule has 1 unspecified atom stereocenters. The highest BCUT2D eigenvalue weighted by Gasteiger charge is 2.17. The van der Waals surface area contributed by atoms with E-state index >= 15 is 0 Å². The van der Waals surface area contributed by atoms with Gasteiger partial charge in [-0.15, -0.1) is 22.7 Å². The number of thiophene rings is 1. The molecule has 108 valence electrons. The largest absolute Gasteiger partial charge is 0.478 e. The normalized spacial score (nSPS) is 12.5. The van der Waals surface area contributed by atoms with Gasteiger partial charge in [-0.3, -0.25) is 0 Å². The number of rotatable bonds is 7. The Morgan fingerprint density at radius 3 is 2.80 bits per heavy atom. The molecule has 0 aliphatic heterocycles. The second kappa shape index (κ2) is 6.97. The highest BCUT2D eigenvalue weighted by atomic mass is 32.1. The molecule has 1 atom stereocenters. The van der Waals surface area contributed by atoms with Crippen LogP contribution in [-0.2, 0) is 4.74 Å². The number of hydrogen-bond donors (Lipinski definition) is 1. The van der Waals surface area contributed by atoms with Gasteiger partial charge in [0.1, 0.15) is 11.1 Å². The Balaban J connectivity index is 2.20. The lowest BCUT2D eigenvalue weighted by Crippen LogP contribution is -2.03. The molecule has 6 heteroatoms. The molecule has 0 aliphatic carbocycles. The van der Waals surface area contributed by atoms with Gasteiger partial charge < -0.3 is 9.84 Å². The molecule has 0 bridgehead atoms. The van der Waals surface area contributed by atoms with Crippen LogP contribution in [0.3, 0.4) is 0 Å². The molecule has 2 aromatic heterocycles. The van der Waals surface area contributed by atoms with Crippen LogP contribution >= 0.6 is 22.7 Å². The third-order valence-corrected chi connectivity index (χ3v) is 4.70. The van der Waals surface area contributed by atoms with Crippen LogP contribution in [0.5, 0.6) is 0 Å². The number of aromatic nitrogens is 1. The van der Waals surface area contributed by atoms with Crippen molar-refractivity contribution in [2.75, 3.05) is 6.61 Å². The fourth-order valence-corrected chi connectivity index (χ4v) is 3.69. The van der Waals surface area contributed by atoms with Crippen molar-refractivity contribution < 1.29 is 14.6 Å². The summed E-state index contributed by atoms with van der Waals surface area (Å²) in [6.07, 6.45) is 2.04. The van der Waals surface area contributed by atoms with E-state index in [9.17, 15) is 4.79 Å². The zero-order valence-electron chi connectivity index (χ0n) is 11.5. The molecule has 0 fully saturated rings. The van der Waals surface area contributed by atoms with Crippen LogP contribution in [0, 0.1) is 0 Å². The molecule has 1 N–H and O–H groups in total. The molecule has 2 rings (SSSR count). The van der Waals surface area contributed by atoms with Gasteiger partial charge in [-0.2, -0.15) is 0 Å². The minimum absolute atomic E-state index is 0.0441. The van der Waals surface area contributed by atoms with Crippen molar-refractivity contribution in [3.63, 3.8) is 0 Å². The highest BCUT2D eigenvalue weighted by Crippen LogP contribution is 2.32. The van der Waals surface area contributed by atoms with Gasteiger partial charge in [-0.1, -0.05) is 13.3 Å². The summed E-state index contributed by atoms with van der Waals surface area (Å²) in [7, 11) is 0. The van der Waals surface area contributed by atoms with Gasteiger partial charge in [-0.25, -0.2) is 9.78 Å². The molecule has 2 aromatic rings. The Morgan fingerprint density at radius 1 is 1.40 bits per heavy atom. The molecule has 0 aliphatic rings. The summed E-state index contributed by atoms with van der Waals surface area (Å²) >= 11 is 2.98. The third-order valence-electron chi connectivity index (χ3n) is 2.81. The summed E-state index contributed by atoms with van der Waals surface area (Å²) in [5.41, 5.74) is 1.15. The lowest BCUT2D eigenvalue weighted by molar-refractivity contribution is 0.0555. The minimum Gasteiger partial charge on any atom is -0.478 e. The summed E-state index contributed by atoms with van der Waals surface area (Å²) in [6.45, 7) is 4.77. The topological polar surface area (TPSA) is 59.4 Å². The van der Waals surface area contributed by atoms with Gasteiger partial charge in [-0.05, 0) is 19.4 Å². The standard InChI is InChI=1S/C14H17NO3S2/c1-3-5-11(18-4-2)13-15-10(8-20-13)12-6-9(7-19-12)14(16)17/h6-8,11H,3-5H2,1-2H3,(H,16,17). The van der Waals surface area contributed by atoms with E-state index in [0.717, 1.165) is 28.4 Å². The number of aromatic carboxylic acids is 1. The van der Waals surface area contributed by atoms with Crippen molar-refractivity contribution in [3.05, 3.63) is 27.4 Å². The molecule has 0 saturated carbocycles. The average Bonchev–Trinajstić information content (AvgIpc) is 3.07. The summed E-state index contributed by atoms with van der Waals surface area (Å²) in [4.78, 5) is 16.4. The van der Waals surface area contributed by atoms with Gasteiger partial charge in [0.2, 0.25) is 0 Å². The average molecular weight is 311 g/mol. The Kier molecular flexibility index (Phi) is 5.28. The summed E-state index contributed by atoms with van der Waals surface area (Å²) in [6, 6.07) is 1.67. The molecule has 0 aromatic carbocycles. The van der Waals surface area contributed by atoms with E-state index in [1.165, 1.54) is 11.3 Å². The van der Waals surface area contributed by atoms with Crippen LogP contribution in [0.25, 0.3) is 10.6 Å². The maximum atomic E-state index is 10.9. The molecule has 0 amide bonds. The second-order valence-electron chi connectivity index (χ2n) is 4.31. The molecule has 0 radical (unpaired) electrons. The van der Waals surface area contributed by atoms with Gasteiger partial charge in [0.15, 0.2) is 0 Å². The van der Waals surface area contributed by atoms with Crippen LogP contribution in [0.2, 0.25) is 0 Å². The molecular formula is C14H17NO3S2. The number of nitrogens with zero attached hydrogens (tertiary/aromatic N) is 1. The van der Waals surface area contributed by atoms with Crippen molar-refractivity contribution >= 4 is 28.6 Å². The van der Waals surface area contributed by atoms with Gasteiger partial charge in [0, 0.05) is 17.4 Å². The predicted octanol–water partition coefficient (Wildman–Crippen LogP) is 4.45. The Labute approximate surface area is 126 Å². The van der Waals surface area contributed by atoms with Crippen LogP contribution in [0.4, 0.5) is 0 Å². The first-order valence-corrected chi connectivity index (χ1v) is 8.30. The predicted molar refractivity (Wildman–Crippen MR) is 81.7 cm³/mol. The Bertz CT molecular complexity index is 570. The van der Waals surface area contributed by atoms with E-state index in [-0.39, 0.29) is 6.10 Å². The highest BCUT2D eigenvalue weighted by molar-refractivity contribution is 7.14. The van der Waals surface area contributed by atoms with Crippen LogP contribution in [-0.4, -0.2) is 22.7 Å². The van der Waals surface area contributed by atoms with E-state index in [1.807, 2.05) is 12.3 Å². The van der Waals surface area contributed by atoms with E-state index in [0.29, 0.717) is 12.2 Å². The molecular weight excluding hydrogens is 294 g/mol. The molecule has 2 heterocycles. The van der Waals surface area contributed by atoms with Crippen LogP contribution in [0.15, 0.2) is 16.8 Å². The smallest absolute Gasteiger partial charge is 0.336 e. The van der Waals surface area contributed by atoms with E-state index in [2.05, 4.69) is 11.9 Å². The third kappa shape index (κ3) is 3.45. The van der Waals surface area contributed by atoms with Crippen LogP contribution < -0.4 is 0 Å². The summed E-state index contributed by atoms with van der Waals surface area (Å²) < 4.78 is 5.72. The fourth-order valence-electron chi connectivity index (χ4n) is 1.87. The number of carboxylic acids is 1. The van der Waals surface area contributed by atoms with Crippen molar-refractivity contribution in [2.24, 2.45) is 0 Å². The minimum atomic E-state index is -0.902. The SMILES string of the molecule is CCCC(OCC)c1nc(-c2cc(C(=O)O)cs2)cs1. The van der Waals surface area contributed by atoms with E-state index < -0.39 is 5.97 Å². The zero-order valence-corrected chi connectivity index (χ0v) is 13.1. The lowest BCUT2D eigenvalue weighted by atomic mass is 10.2. The number of ether oxygens (including phenoxy) is 1. The molecule has 20 heavy (non-hydrogen) atoms. The number of thiazole rings is 1. The first kappa shape index (κ1) is 15.2. The maximum Gasteiger partial charge on any atom is 0.336 e. The fraction of sp³-hybridized carbons (Fsp3) is 0.429. The van der Waals surface area contributed by atoms with Gasteiger partial charge in [0.05, 0.1) is 16.1 Å². The first-order chi connectivity index (χ1) is 9.65. The summed E-state index contributed by atoms with van der Waals surface area (Å²) in [5, 5.41) is 13.5. The van der Waals surface area contributed by atoms with Crippen molar-refractivity contribution in [3.8, 4) is 10.6 Å². The number of carboxylic acid groups (broad SMARTS) is 1. The van der Waals surface area contributed by atoms with Crippen molar-refractivity contribution in [1.29, 1.82) is 0 Å². The number of carbonyl (C=O) groups is 1. The van der Waals surface area contributed by atoms with E-state index in [1.54, 1.807) is 22.8 Å². The van der Waals surface area contributed by atoms with E-state index in [4.69, 9.17) is 9.84 Å². The van der Waals surface area contributed by atoms with Gasteiger partial charge >= 0.3 is 5.97 Å². The lowest BCUT2D eigenvalue weighted by Gasteiger charge is -2.12. The Morgan fingerprint density at radius 2 is 2.20 bits per heavy atom.